The lowest BCUT2D eigenvalue weighted by atomic mass is 9.96. The number of aromatic amines is 1. The van der Waals surface area contributed by atoms with Crippen LogP contribution in [0.1, 0.15) is 28.9 Å². The van der Waals surface area contributed by atoms with E-state index in [-0.39, 0.29) is 5.91 Å². The van der Waals surface area contributed by atoms with Gasteiger partial charge in [-0.15, -0.1) is 0 Å². The van der Waals surface area contributed by atoms with Crippen LogP contribution in [0.5, 0.6) is 0 Å². The van der Waals surface area contributed by atoms with Crippen LogP contribution in [0.25, 0.3) is 0 Å². The fourth-order valence-electron chi connectivity index (χ4n) is 3.40. The molecule has 2 fully saturated rings. The lowest BCUT2D eigenvalue weighted by molar-refractivity contribution is 0.0224. The fourth-order valence-corrected chi connectivity index (χ4v) is 3.40. The SMILES string of the molecule is Cc1[nH]ccc1C(=O)N1CCC[C@H](CN2CCOCC2)C1. The second-order valence-corrected chi connectivity index (χ2v) is 6.19. The maximum atomic E-state index is 12.6. The molecule has 1 amide bonds. The van der Waals surface area contributed by atoms with Gasteiger partial charge in [-0.3, -0.25) is 9.69 Å². The molecule has 0 saturated carbocycles. The Kier molecular flexibility index (Phi) is 4.60. The van der Waals surface area contributed by atoms with E-state index in [9.17, 15) is 4.79 Å². The highest BCUT2D eigenvalue weighted by atomic mass is 16.5. The lowest BCUT2D eigenvalue weighted by Crippen LogP contribution is -2.46. The third kappa shape index (κ3) is 3.47. The van der Waals surface area contributed by atoms with Gasteiger partial charge >= 0.3 is 0 Å². The second-order valence-electron chi connectivity index (χ2n) is 6.19. The van der Waals surface area contributed by atoms with Crippen LogP contribution in [0.2, 0.25) is 0 Å². The highest BCUT2D eigenvalue weighted by Gasteiger charge is 2.27. The van der Waals surface area contributed by atoms with E-state index in [1.807, 2.05) is 24.1 Å². The summed E-state index contributed by atoms with van der Waals surface area (Å²) in [6.07, 6.45) is 4.19. The first kappa shape index (κ1) is 14.6. The smallest absolute Gasteiger partial charge is 0.255 e. The minimum Gasteiger partial charge on any atom is -0.379 e. The van der Waals surface area contributed by atoms with Crippen molar-refractivity contribution in [3.8, 4) is 0 Å². The molecule has 0 aliphatic carbocycles. The number of likely N-dealkylation sites (tertiary alicyclic amines) is 1. The van der Waals surface area contributed by atoms with Gasteiger partial charge in [0.05, 0.1) is 18.8 Å². The summed E-state index contributed by atoms with van der Waals surface area (Å²) in [6.45, 7) is 8.59. The normalized spacial score (nSPS) is 24.2. The Hall–Kier alpha value is -1.33. The molecule has 2 aliphatic heterocycles. The van der Waals surface area contributed by atoms with Crippen molar-refractivity contribution >= 4 is 5.91 Å². The molecule has 5 nitrogen and oxygen atoms in total. The van der Waals surface area contributed by atoms with Crippen LogP contribution in [0.15, 0.2) is 12.3 Å². The Morgan fingerprint density at radius 3 is 2.90 bits per heavy atom. The van der Waals surface area contributed by atoms with Gasteiger partial charge in [-0.2, -0.15) is 0 Å². The Bertz CT molecular complexity index is 480. The molecule has 0 bridgehead atoms. The Morgan fingerprint density at radius 1 is 1.38 bits per heavy atom. The highest BCUT2D eigenvalue weighted by molar-refractivity contribution is 5.95. The van der Waals surface area contributed by atoms with Gasteiger partial charge in [0.2, 0.25) is 0 Å². The van der Waals surface area contributed by atoms with E-state index in [1.54, 1.807) is 0 Å². The van der Waals surface area contributed by atoms with E-state index < -0.39 is 0 Å². The summed E-state index contributed by atoms with van der Waals surface area (Å²) in [5.41, 5.74) is 1.79. The van der Waals surface area contributed by atoms with Crippen molar-refractivity contribution in [2.45, 2.75) is 19.8 Å². The molecule has 1 N–H and O–H groups in total. The molecule has 21 heavy (non-hydrogen) atoms. The zero-order valence-corrected chi connectivity index (χ0v) is 12.8. The number of rotatable bonds is 3. The highest BCUT2D eigenvalue weighted by Crippen LogP contribution is 2.21. The average molecular weight is 291 g/mol. The molecule has 1 aromatic rings. The summed E-state index contributed by atoms with van der Waals surface area (Å²) in [4.78, 5) is 20.2. The third-order valence-corrected chi connectivity index (χ3v) is 4.61. The molecule has 0 radical (unpaired) electrons. The number of piperidine rings is 1. The molecule has 2 saturated heterocycles. The van der Waals surface area contributed by atoms with E-state index >= 15 is 0 Å². The molecule has 1 aromatic heterocycles. The largest absolute Gasteiger partial charge is 0.379 e. The summed E-state index contributed by atoms with van der Waals surface area (Å²) >= 11 is 0. The molecule has 0 spiro atoms. The zero-order chi connectivity index (χ0) is 14.7. The van der Waals surface area contributed by atoms with Crippen LogP contribution in [-0.4, -0.2) is 66.6 Å². The molecule has 0 aromatic carbocycles. The van der Waals surface area contributed by atoms with E-state index in [2.05, 4.69) is 9.88 Å². The van der Waals surface area contributed by atoms with Crippen LogP contribution in [-0.2, 0) is 4.74 Å². The van der Waals surface area contributed by atoms with Crippen molar-refractivity contribution in [3.63, 3.8) is 0 Å². The van der Waals surface area contributed by atoms with Crippen LogP contribution >= 0.6 is 0 Å². The van der Waals surface area contributed by atoms with Gasteiger partial charge in [0.1, 0.15) is 0 Å². The number of aryl methyl sites for hydroxylation is 1. The Labute approximate surface area is 126 Å². The number of nitrogens with zero attached hydrogens (tertiary/aromatic N) is 2. The summed E-state index contributed by atoms with van der Waals surface area (Å²) in [5.74, 6) is 0.778. The van der Waals surface area contributed by atoms with Gasteiger partial charge in [-0.25, -0.2) is 0 Å². The summed E-state index contributed by atoms with van der Waals surface area (Å²) in [5, 5.41) is 0. The molecule has 3 rings (SSSR count). The first-order valence-electron chi connectivity index (χ1n) is 7.97. The van der Waals surface area contributed by atoms with Crippen molar-refractivity contribution in [3.05, 3.63) is 23.5 Å². The summed E-state index contributed by atoms with van der Waals surface area (Å²) < 4.78 is 5.40. The number of carbonyl (C=O) groups is 1. The number of amides is 1. The van der Waals surface area contributed by atoms with E-state index in [0.29, 0.717) is 5.92 Å². The molecule has 0 unspecified atom stereocenters. The number of nitrogens with one attached hydrogen (secondary N) is 1. The van der Waals surface area contributed by atoms with Gasteiger partial charge in [0.15, 0.2) is 0 Å². The maximum absolute atomic E-state index is 12.6. The zero-order valence-electron chi connectivity index (χ0n) is 12.8. The molecule has 5 heteroatoms. The Morgan fingerprint density at radius 2 is 2.19 bits per heavy atom. The van der Waals surface area contributed by atoms with E-state index in [0.717, 1.165) is 63.6 Å². The average Bonchev–Trinajstić information content (AvgIpc) is 2.94. The molecule has 3 heterocycles. The second kappa shape index (κ2) is 6.62. The topological polar surface area (TPSA) is 48.6 Å². The predicted molar refractivity (Wildman–Crippen MR) is 81.4 cm³/mol. The van der Waals surface area contributed by atoms with Crippen molar-refractivity contribution < 1.29 is 9.53 Å². The standard InChI is InChI=1S/C16H25N3O2/c1-13-15(4-5-17-13)16(20)19-6-2-3-14(12-19)11-18-7-9-21-10-8-18/h4-5,14,17H,2-3,6-12H2,1H3/t14-/m1/s1. The molecular weight excluding hydrogens is 266 g/mol. The van der Waals surface area contributed by atoms with Crippen molar-refractivity contribution in [1.29, 1.82) is 0 Å². The third-order valence-electron chi connectivity index (χ3n) is 4.61. The van der Waals surface area contributed by atoms with Crippen LogP contribution in [0.4, 0.5) is 0 Å². The monoisotopic (exact) mass is 291 g/mol. The summed E-state index contributed by atoms with van der Waals surface area (Å²) in [7, 11) is 0. The van der Waals surface area contributed by atoms with Crippen LogP contribution in [0.3, 0.4) is 0 Å². The molecule has 2 aliphatic rings. The number of hydrogen-bond acceptors (Lipinski definition) is 3. The molecular formula is C16H25N3O2. The fraction of sp³-hybridized carbons (Fsp3) is 0.688. The number of aromatic nitrogens is 1. The predicted octanol–water partition coefficient (Wildman–Crippen LogP) is 1.51. The molecule has 116 valence electrons. The number of hydrogen-bond donors (Lipinski definition) is 1. The number of carbonyl (C=O) groups excluding carboxylic acids is 1. The van der Waals surface area contributed by atoms with Gasteiger partial charge in [-0.05, 0) is 31.7 Å². The Balaban J connectivity index is 1.57. The number of ether oxygens (including phenoxy) is 1. The van der Waals surface area contributed by atoms with Crippen LogP contribution in [0, 0.1) is 12.8 Å². The number of H-pyrrole nitrogens is 1. The van der Waals surface area contributed by atoms with E-state index in [4.69, 9.17) is 4.74 Å². The maximum Gasteiger partial charge on any atom is 0.255 e. The first-order chi connectivity index (χ1) is 10.2. The minimum atomic E-state index is 0.181. The van der Waals surface area contributed by atoms with Crippen molar-refractivity contribution in [1.82, 2.24) is 14.8 Å². The van der Waals surface area contributed by atoms with Crippen LogP contribution < -0.4 is 0 Å². The van der Waals surface area contributed by atoms with Gasteiger partial charge in [0.25, 0.3) is 5.91 Å². The van der Waals surface area contributed by atoms with E-state index in [1.165, 1.54) is 6.42 Å². The van der Waals surface area contributed by atoms with Crippen molar-refractivity contribution in [2.75, 3.05) is 45.9 Å². The van der Waals surface area contributed by atoms with Gasteiger partial charge in [-0.1, -0.05) is 0 Å². The quantitative estimate of drug-likeness (QED) is 0.918. The summed E-state index contributed by atoms with van der Waals surface area (Å²) in [6, 6.07) is 1.89. The van der Waals surface area contributed by atoms with Gasteiger partial charge in [0, 0.05) is 44.6 Å². The minimum absolute atomic E-state index is 0.181. The first-order valence-corrected chi connectivity index (χ1v) is 7.97. The van der Waals surface area contributed by atoms with Gasteiger partial charge < -0.3 is 14.6 Å². The lowest BCUT2D eigenvalue weighted by Gasteiger charge is -2.36. The molecule has 1 atom stereocenters. The number of morpholine rings is 1. The van der Waals surface area contributed by atoms with Crippen molar-refractivity contribution in [2.24, 2.45) is 5.92 Å².